The maximum Gasteiger partial charge on any atom is 0.0837 e. The first kappa shape index (κ1) is 22.9. The third-order valence-electron chi connectivity index (χ3n) is 4.57. The summed E-state index contributed by atoms with van der Waals surface area (Å²) in [4.78, 5) is 0. The van der Waals surface area contributed by atoms with Crippen LogP contribution in [0.4, 0.5) is 0 Å². The van der Waals surface area contributed by atoms with Crippen molar-refractivity contribution in [2.24, 2.45) is 0 Å². The van der Waals surface area contributed by atoms with E-state index in [-0.39, 0.29) is 12.4 Å². The lowest BCUT2D eigenvalue weighted by Crippen LogP contribution is -3.00. The summed E-state index contributed by atoms with van der Waals surface area (Å²) >= 11 is 0. The van der Waals surface area contributed by atoms with E-state index in [1.807, 2.05) is 0 Å². The highest BCUT2D eigenvalue weighted by molar-refractivity contribution is 7.73. The number of halogens is 1. The van der Waals surface area contributed by atoms with Crippen molar-refractivity contribution in [2.75, 3.05) is 19.5 Å². The quantitative estimate of drug-likeness (QED) is 0.363. The standard InChI is InChI=1S/C21H38P.ClH/c1-4-5-6-7-8-9-10-11-12-16-19-22(2,3)20-21-17-14-13-15-18-21;/h13-15,17-18H,4-12,16,19-20H2,1-3H3;1H/q+1;/p-1. The maximum absolute atomic E-state index is 2.54. The third kappa shape index (κ3) is 13.0. The zero-order chi connectivity index (χ0) is 16.1. The van der Waals surface area contributed by atoms with Gasteiger partial charge in [0.15, 0.2) is 0 Å². The van der Waals surface area contributed by atoms with Crippen LogP contribution >= 0.6 is 7.26 Å². The monoisotopic (exact) mass is 356 g/mol. The van der Waals surface area contributed by atoms with Gasteiger partial charge in [-0.3, -0.25) is 0 Å². The maximum atomic E-state index is 2.54. The predicted molar refractivity (Wildman–Crippen MR) is 106 cm³/mol. The Labute approximate surface area is 152 Å². The van der Waals surface area contributed by atoms with Crippen LogP contribution < -0.4 is 12.4 Å². The van der Waals surface area contributed by atoms with Crippen LogP contribution in [0.15, 0.2) is 30.3 Å². The molecule has 0 N–H and O–H groups in total. The fraction of sp³-hybridized carbons (Fsp3) is 0.714. The van der Waals surface area contributed by atoms with Gasteiger partial charge in [-0.05, 0) is 18.4 Å². The lowest BCUT2D eigenvalue weighted by Gasteiger charge is -2.18. The Balaban J connectivity index is 0.00000484. The van der Waals surface area contributed by atoms with Crippen LogP contribution in [0.25, 0.3) is 0 Å². The van der Waals surface area contributed by atoms with Crippen LogP contribution in [0.1, 0.15) is 76.7 Å². The highest BCUT2D eigenvalue weighted by atomic mass is 35.5. The van der Waals surface area contributed by atoms with Crippen LogP contribution in [0.5, 0.6) is 0 Å². The molecule has 0 radical (unpaired) electrons. The summed E-state index contributed by atoms with van der Waals surface area (Å²) < 4.78 is 0. The van der Waals surface area contributed by atoms with E-state index < -0.39 is 7.26 Å². The summed E-state index contributed by atoms with van der Waals surface area (Å²) in [6, 6.07) is 11.1. The van der Waals surface area contributed by atoms with Crippen molar-refractivity contribution in [2.45, 2.75) is 77.3 Å². The molecule has 134 valence electrons. The lowest BCUT2D eigenvalue weighted by atomic mass is 10.1. The molecule has 0 aromatic heterocycles. The molecule has 0 aliphatic carbocycles. The molecule has 1 rings (SSSR count). The molecule has 1 aromatic carbocycles. The first-order chi connectivity index (χ1) is 10.6. The van der Waals surface area contributed by atoms with Crippen molar-refractivity contribution in [1.29, 1.82) is 0 Å². The molecule has 0 heterocycles. The predicted octanol–water partition coefficient (Wildman–Crippen LogP) is 4.39. The van der Waals surface area contributed by atoms with Crippen LogP contribution in [0.2, 0.25) is 0 Å². The molecule has 0 aliphatic heterocycles. The van der Waals surface area contributed by atoms with Gasteiger partial charge < -0.3 is 12.4 Å². The largest absolute Gasteiger partial charge is 1.00 e. The van der Waals surface area contributed by atoms with E-state index in [1.165, 1.54) is 82.1 Å². The summed E-state index contributed by atoms with van der Waals surface area (Å²) in [7, 11) is -0.738. The molecule has 0 spiro atoms. The third-order valence-corrected chi connectivity index (χ3v) is 7.32. The van der Waals surface area contributed by atoms with Gasteiger partial charge in [0.2, 0.25) is 0 Å². The molecule has 0 nitrogen and oxygen atoms in total. The Kier molecular flexibility index (Phi) is 14.3. The zero-order valence-electron chi connectivity index (χ0n) is 15.7. The van der Waals surface area contributed by atoms with Gasteiger partial charge in [-0.25, -0.2) is 0 Å². The van der Waals surface area contributed by atoms with Crippen molar-refractivity contribution in [3.63, 3.8) is 0 Å². The first-order valence-corrected chi connectivity index (χ1v) is 12.6. The van der Waals surface area contributed by atoms with Gasteiger partial charge in [-0.2, -0.15) is 0 Å². The van der Waals surface area contributed by atoms with Gasteiger partial charge in [0.05, 0.1) is 12.3 Å². The Morgan fingerprint density at radius 1 is 0.696 bits per heavy atom. The molecule has 23 heavy (non-hydrogen) atoms. The van der Waals surface area contributed by atoms with Gasteiger partial charge >= 0.3 is 0 Å². The molecule has 0 atom stereocenters. The van der Waals surface area contributed by atoms with Gasteiger partial charge in [-0.1, -0.05) is 88.6 Å². The molecule has 0 bridgehead atoms. The molecule has 0 saturated carbocycles. The fourth-order valence-corrected chi connectivity index (χ4v) is 5.62. The van der Waals surface area contributed by atoms with E-state index in [9.17, 15) is 0 Å². The van der Waals surface area contributed by atoms with Crippen molar-refractivity contribution >= 4 is 7.26 Å². The number of hydrogen-bond donors (Lipinski definition) is 0. The van der Waals surface area contributed by atoms with Crippen LogP contribution in [0, 0.1) is 0 Å². The first-order valence-electron chi connectivity index (χ1n) is 9.50. The normalized spacial score (nSPS) is 11.3. The van der Waals surface area contributed by atoms with E-state index in [4.69, 9.17) is 0 Å². The molecule has 0 unspecified atom stereocenters. The van der Waals surface area contributed by atoms with Gasteiger partial charge in [0.25, 0.3) is 0 Å². The molecular weight excluding hydrogens is 319 g/mol. The van der Waals surface area contributed by atoms with Crippen molar-refractivity contribution < 1.29 is 12.4 Å². The summed E-state index contributed by atoms with van der Waals surface area (Å²) in [5.41, 5.74) is 1.54. The number of unbranched alkanes of at least 4 members (excludes halogenated alkanes) is 9. The average molecular weight is 357 g/mol. The Morgan fingerprint density at radius 3 is 1.70 bits per heavy atom. The molecule has 2 heteroatoms. The minimum atomic E-state index is -0.738. The second-order valence-electron chi connectivity index (χ2n) is 7.49. The average Bonchev–Trinajstić information content (AvgIpc) is 2.49. The van der Waals surface area contributed by atoms with Gasteiger partial charge in [-0.15, -0.1) is 0 Å². The van der Waals surface area contributed by atoms with Crippen molar-refractivity contribution in [3.05, 3.63) is 35.9 Å². The molecule has 0 amide bonds. The number of benzene rings is 1. The van der Waals surface area contributed by atoms with E-state index in [2.05, 4.69) is 50.6 Å². The zero-order valence-corrected chi connectivity index (χ0v) is 17.3. The molecule has 0 aliphatic rings. The Morgan fingerprint density at radius 2 is 1.17 bits per heavy atom. The highest BCUT2D eigenvalue weighted by Crippen LogP contribution is 2.54. The van der Waals surface area contributed by atoms with Crippen LogP contribution in [0.3, 0.4) is 0 Å². The molecule has 1 aromatic rings. The smallest absolute Gasteiger partial charge is 0.0837 e. The van der Waals surface area contributed by atoms with Gasteiger partial charge in [0, 0.05) is 20.6 Å². The Hall–Kier alpha value is -0.0600. The SMILES string of the molecule is CCCCCCCCCCCC[P+](C)(C)Cc1ccccc1.[Cl-]. The summed E-state index contributed by atoms with van der Waals surface area (Å²) in [6.07, 6.45) is 17.3. The Bertz CT molecular complexity index is 361. The second kappa shape index (κ2) is 14.3. The minimum Gasteiger partial charge on any atom is -1.00 e. The highest BCUT2D eigenvalue weighted by Gasteiger charge is 2.24. The van der Waals surface area contributed by atoms with E-state index >= 15 is 0 Å². The van der Waals surface area contributed by atoms with E-state index in [1.54, 1.807) is 0 Å². The van der Waals surface area contributed by atoms with Crippen molar-refractivity contribution in [1.82, 2.24) is 0 Å². The van der Waals surface area contributed by atoms with E-state index in [0.717, 1.165) is 0 Å². The topological polar surface area (TPSA) is 0 Å². The minimum absolute atomic E-state index is 0. The van der Waals surface area contributed by atoms with Crippen LogP contribution in [-0.4, -0.2) is 19.5 Å². The number of hydrogen-bond acceptors (Lipinski definition) is 0. The van der Waals surface area contributed by atoms with Gasteiger partial charge in [0.1, 0.15) is 0 Å². The summed E-state index contributed by atoms with van der Waals surface area (Å²) in [6.45, 7) is 7.36. The summed E-state index contributed by atoms with van der Waals surface area (Å²) in [5, 5.41) is 0. The fourth-order valence-electron chi connectivity index (χ4n) is 3.18. The summed E-state index contributed by atoms with van der Waals surface area (Å²) in [5.74, 6) is 0. The molecule has 0 fully saturated rings. The van der Waals surface area contributed by atoms with E-state index in [0.29, 0.717) is 0 Å². The molecule has 0 saturated heterocycles. The lowest BCUT2D eigenvalue weighted by molar-refractivity contribution is -0.00000502. The molecular formula is C21H38ClP. The number of rotatable bonds is 13. The second-order valence-corrected chi connectivity index (χ2v) is 12.1. The van der Waals surface area contributed by atoms with Crippen molar-refractivity contribution in [3.8, 4) is 0 Å². The van der Waals surface area contributed by atoms with Crippen LogP contribution in [-0.2, 0) is 6.16 Å².